The highest BCUT2D eigenvalue weighted by Crippen LogP contribution is 2.47. The Hall–Kier alpha value is 0.680. The molecule has 0 radical (unpaired) electrons. The molecule has 0 aliphatic rings. The normalized spacial score (nSPS) is 17.6. The first-order chi connectivity index (χ1) is 48.5. The minimum atomic E-state index is -5.66. The van der Waals surface area contributed by atoms with Crippen LogP contribution in [0, 0.1) is 0 Å². The minimum absolute atomic E-state index is 0.000847. The summed E-state index contributed by atoms with van der Waals surface area (Å²) in [6.45, 7) is -7.22. The van der Waals surface area contributed by atoms with Gasteiger partial charge in [0.25, 0.3) is 46.9 Å². The van der Waals surface area contributed by atoms with Gasteiger partial charge in [0, 0.05) is 6.66 Å². The van der Waals surface area contributed by atoms with Crippen molar-refractivity contribution in [2.45, 2.75) is 24.4 Å². The molecule has 0 saturated heterocycles. The fourth-order valence-corrected chi connectivity index (χ4v) is 12.9. The Morgan fingerprint density at radius 2 is 0.529 bits per heavy atom. The van der Waals surface area contributed by atoms with Crippen LogP contribution < -0.4 is 55.7 Å². The van der Waals surface area contributed by atoms with Crippen LogP contribution in [0.3, 0.4) is 0 Å². The molecule has 56 heteroatoms. The van der Waals surface area contributed by atoms with Gasteiger partial charge in [-0.15, -0.1) is 10.0 Å². The van der Waals surface area contributed by atoms with Gasteiger partial charge < -0.3 is 169 Å². The summed E-state index contributed by atoms with van der Waals surface area (Å²) in [5.41, 5.74) is 1.11. The van der Waals surface area contributed by atoms with E-state index in [4.69, 9.17) is 117 Å². The predicted octanol–water partition coefficient (Wildman–Crippen LogP) is -3.85. The smallest absolute Gasteiger partial charge is 0.268 e. The van der Waals surface area contributed by atoms with Crippen LogP contribution in [-0.4, -0.2) is 308 Å². The van der Waals surface area contributed by atoms with Crippen LogP contribution in [0.15, 0.2) is 0 Å². The summed E-state index contributed by atoms with van der Waals surface area (Å²) in [6, 6.07) is 0. The third-order valence-electron chi connectivity index (χ3n) is 10.3. The van der Waals surface area contributed by atoms with E-state index >= 15 is 0 Å². The van der Waals surface area contributed by atoms with Crippen LogP contribution >= 0.6 is 76.1 Å². The zero-order valence-corrected chi connectivity index (χ0v) is 64.6. The number of aliphatic hydroxyl groups is 1. The second kappa shape index (κ2) is 65.3. The van der Waals surface area contributed by atoms with Gasteiger partial charge in [0.05, 0.1) is 238 Å². The summed E-state index contributed by atoms with van der Waals surface area (Å²) in [4.78, 5) is 87.1. The molecule has 46 nitrogen and oxygen atoms in total. The molecule has 0 amide bonds. The molecule has 11 atom stereocenters. The Bertz CT molecular complexity index is 2340. The maximum absolute atomic E-state index is 13.2. The van der Waals surface area contributed by atoms with Crippen molar-refractivity contribution in [2.24, 2.45) is 0 Å². The van der Waals surface area contributed by atoms with Crippen molar-refractivity contribution in [2.75, 3.05) is 278 Å². The Morgan fingerprint density at radius 3 is 0.784 bits per heavy atom. The molecule has 0 heterocycles. The number of rotatable bonds is 81. The summed E-state index contributed by atoms with van der Waals surface area (Å²) < 4.78 is 236. The molecular formula is C46H97FN4O42P7S2-7. The first kappa shape index (κ1) is 103. The molecule has 5 N–H and O–H groups in total. The third kappa shape index (κ3) is 69.8. The number of aliphatic hydroxyl groups excluding tert-OH is 1. The highest BCUT2D eigenvalue weighted by atomic mass is 33.1. The first-order valence-electron chi connectivity index (χ1n) is 30.4. The van der Waals surface area contributed by atoms with Gasteiger partial charge >= 0.3 is 0 Å². The highest BCUT2D eigenvalue weighted by Gasteiger charge is 2.29. The van der Waals surface area contributed by atoms with Crippen molar-refractivity contribution in [3.8, 4) is 0 Å². The van der Waals surface area contributed by atoms with Gasteiger partial charge in [-0.05, 0) is 21.1 Å². The predicted molar refractivity (Wildman–Crippen MR) is 337 cm³/mol. The van der Waals surface area contributed by atoms with Crippen LogP contribution in [0.25, 0.3) is 0 Å². The Labute approximate surface area is 598 Å². The zero-order chi connectivity index (χ0) is 76.0. The summed E-state index contributed by atoms with van der Waals surface area (Å²) in [5.74, 6) is -0.418. The SMILES string of the molecule is CNCOCC(COP(=O)([O-])OC(COCNC)COP(=O)([O-])OC(COCNC)COP(=O)([O-])OC(COCNF)COP(=O)([O-])OCCOCCOCCOCCOCCOCCOP(=O)([O-])OCSSCO)OP(=O)([O-])OCCOCCOCCOCCOCCOCCOP(C)(=O)[O-]. The molecule has 0 saturated carbocycles. The lowest BCUT2D eigenvalue weighted by atomic mass is 10.4. The maximum Gasteiger partial charge on any atom is 0.268 e. The van der Waals surface area contributed by atoms with Crippen LogP contribution in [0.4, 0.5) is 4.48 Å². The van der Waals surface area contributed by atoms with Gasteiger partial charge in [0.1, 0.15) is 44.7 Å². The summed E-state index contributed by atoms with van der Waals surface area (Å²) in [6.07, 6.45) is -7.32. The summed E-state index contributed by atoms with van der Waals surface area (Å²) in [7, 11) is -29.3. The van der Waals surface area contributed by atoms with E-state index in [-0.39, 0.29) is 177 Å². The number of nitrogens with one attached hydrogen (secondary N) is 4. The van der Waals surface area contributed by atoms with Crippen molar-refractivity contribution in [3.05, 3.63) is 0 Å². The van der Waals surface area contributed by atoms with Crippen LogP contribution in [-0.2, 0) is 157 Å². The molecule has 102 heavy (non-hydrogen) atoms. The monoisotopic (exact) mass is 1680 g/mol. The number of phosphoric acid groups is 6. The van der Waals surface area contributed by atoms with Crippen molar-refractivity contribution >= 4 is 76.1 Å². The van der Waals surface area contributed by atoms with E-state index in [1.54, 1.807) is 0 Å². The topological polar surface area (TPSA) is 598 Å². The van der Waals surface area contributed by atoms with E-state index < -0.39 is 152 Å². The van der Waals surface area contributed by atoms with Crippen molar-refractivity contribution in [1.29, 1.82) is 0 Å². The molecule has 0 bridgehead atoms. The van der Waals surface area contributed by atoms with Gasteiger partial charge in [0.2, 0.25) is 0 Å². The second-order valence-electron chi connectivity index (χ2n) is 18.9. The maximum atomic E-state index is 13.2. The molecule has 0 aromatic rings. The molecule has 0 aromatic heterocycles. The van der Waals surface area contributed by atoms with Gasteiger partial charge in [-0.25, -0.2) is 0 Å². The highest BCUT2D eigenvalue weighted by molar-refractivity contribution is 8.76. The lowest BCUT2D eigenvalue weighted by Crippen LogP contribution is -2.33. The van der Waals surface area contributed by atoms with Crippen LogP contribution in [0.2, 0.25) is 0 Å². The molecule has 0 aliphatic heterocycles. The molecule has 0 spiro atoms. The van der Waals surface area contributed by atoms with E-state index in [0.29, 0.717) is 0 Å². The molecular weight excluding hydrogens is 1580 g/mol. The fraction of sp³-hybridized carbons (Fsp3) is 1.00. The summed E-state index contributed by atoms with van der Waals surface area (Å²) in [5, 5.41) is 16.4. The Kier molecular flexibility index (Phi) is 65.7. The van der Waals surface area contributed by atoms with Crippen LogP contribution in [0.5, 0.6) is 0 Å². The largest absolute Gasteiger partial charge is 0.779 e. The Balaban J connectivity index is 5.08. The van der Waals surface area contributed by atoms with Gasteiger partial charge in [-0.1, -0.05) is 21.6 Å². The van der Waals surface area contributed by atoms with Gasteiger partial charge in [-0.3, -0.25) is 43.3 Å². The van der Waals surface area contributed by atoms with Crippen molar-refractivity contribution < 1.29 is 201 Å². The van der Waals surface area contributed by atoms with E-state index in [2.05, 4.69) is 29.5 Å². The lowest BCUT2D eigenvalue weighted by Gasteiger charge is -2.34. The van der Waals surface area contributed by atoms with E-state index in [1.165, 1.54) is 21.1 Å². The lowest BCUT2D eigenvalue weighted by molar-refractivity contribution is -0.249. The van der Waals surface area contributed by atoms with Gasteiger partial charge in [0.15, 0.2) is 0 Å². The number of hydrogen-bond donors (Lipinski definition) is 5. The quantitative estimate of drug-likeness (QED) is 0.0128. The third-order valence-corrected chi connectivity index (χ3v) is 18.7. The summed E-state index contributed by atoms with van der Waals surface area (Å²) >= 11 is 0. The van der Waals surface area contributed by atoms with Crippen LogP contribution in [0.1, 0.15) is 0 Å². The fourth-order valence-electron chi connectivity index (χ4n) is 6.17. The number of ether oxygens (including phenoxy) is 14. The minimum Gasteiger partial charge on any atom is -0.779 e. The molecule has 0 aromatic carbocycles. The standard InChI is InChI=1S/C46H104FN4O42P7S2/c1-48-37-77-29-43(90-97(59,60)84-28-24-76-20-16-72-12-8-67-5-9-69-13-17-73-21-25-81-94(4,53)54)34-86-98(61,62)91-44(30-78-38-49-2)35-87-99(63,64)92-45(31-79-39-50-3)36-88-100(65,66)93-46(32-80-40-51-47)33-85-95(55,56)82-26-22-74-18-14-70-10-6-68-7-11-71-15-19-75-23-27-83-96(57,58)89-42-102-101-41-52/h43-46,48-52H,5-42H2,1-4H3,(H,53,54)(H,55,56)(H,57,58)(H,59,60)(H,61,62)(H,63,64)(H,65,66)/p-7. The average molecular weight is 1680 g/mol. The molecule has 11 unspecified atom stereocenters. The van der Waals surface area contributed by atoms with E-state index in [1.807, 2.05) is 0 Å². The number of phosphoric ester groups is 6. The number of halogens is 1. The van der Waals surface area contributed by atoms with E-state index in [9.17, 15) is 70.7 Å². The van der Waals surface area contributed by atoms with Crippen molar-refractivity contribution in [3.63, 3.8) is 0 Å². The zero-order valence-electron chi connectivity index (χ0n) is 56.7. The molecule has 0 rings (SSSR count). The Morgan fingerprint density at radius 1 is 0.304 bits per heavy atom. The van der Waals surface area contributed by atoms with E-state index in [0.717, 1.165) is 33.8 Å². The number of hydrogen-bond acceptors (Lipinski definition) is 48. The van der Waals surface area contributed by atoms with Crippen molar-refractivity contribution in [1.82, 2.24) is 21.5 Å². The second-order valence-corrected chi connectivity index (χ2v) is 31.3. The molecule has 0 aliphatic carbocycles. The molecule has 614 valence electrons. The average Bonchev–Trinajstić information content (AvgIpc) is 0.870. The molecule has 0 fully saturated rings. The van der Waals surface area contributed by atoms with Gasteiger partial charge in [-0.2, -0.15) is 0 Å². The first-order valence-corrected chi connectivity index (χ1v) is 43.7.